The molecule has 0 aliphatic carbocycles. The maximum atomic E-state index is 5.77. The lowest BCUT2D eigenvalue weighted by Crippen LogP contribution is -2.25. The summed E-state index contributed by atoms with van der Waals surface area (Å²) in [5.74, 6) is 0.932. The molecule has 0 bridgehead atoms. The topological polar surface area (TPSA) is 54.2 Å². The monoisotopic (exact) mass is 272 g/mol. The smallest absolute Gasteiger partial charge is 0.126 e. The lowest BCUT2D eigenvalue weighted by Gasteiger charge is -2.17. The Hall–Kier alpha value is -1.81. The fourth-order valence-corrected chi connectivity index (χ4v) is 2.30. The Bertz CT molecular complexity index is 549. The molecule has 4 nitrogen and oxygen atoms in total. The molecular formula is C16H24N4. The highest BCUT2D eigenvalue weighted by molar-refractivity contribution is 5.83. The van der Waals surface area contributed by atoms with Gasteiger partial charge < -0.3 is 16.0 Å². The number of aromatic nitrogens is 1. The molecule has 0 unspecified atom stereocenters. The standard InChI is InChI=1S/C16H24N4/c1-3-20(4-2)11-5-10-18-16-9-6-13-12-14(17)7-8-15(13)19-16/h6-9,12H,3-5,10-11,17H2,1-2H3,(H,18,19). The average Bonchev–Trinajstić information content (AvgIpc) is 2.47. The Labute approximate surface area is 121 Å². The number of nitrogen functional groups attached to an aromatic ring is 1. The summed E-state index contributed by atoms with van der Waals surface area (Å²) in [5, 5.41) is 4.47. The molecule has 1 aromatic carbocycles. The molecule has 1 aromatic heterocycles. The van der Waals surface area contributed by atoms with Crippen molar-refractivity contribution in [2.24, 2.45) is 0 Å². The summed E-state index contributed by atoms with van der Waals surface area (Å²) in [6, 6.07) is 9.88. The van der Waals surface area contributed by atoms with E-state index in [0.29, 0.717) is 0 Å². The molecule has 0 amide bonds. The van der Waals surface area contributed by atoms with Crippen LogP contribution >= 0.6 is 0 Å². The Morgan fingerprint density at radius 3 is 2.70 bits per heavy atom. The zero-order valence-electron chi connectivity index (χ0n) is 12.4. The van der Waals surface area contributed by atoms with E-state index in [-0.39, 0.29) is 0 Å². The number of hydrogen-bond acceptors (Lipinski definition) is 4. The van der Waals surface area contributed by atoms with Gasteiger partial charge in [0, 0.05) is 17.6 Å². The number of fused-ring (bicyclic) bond motifs is 1. The zero-order chi connectivity index (χ0) is 14.4. The van der Waals surface area contributed by atoms with Crippen LogP contribution in [-0.2, 0) is 0 Å². The van der Waals surface area contributed by atoms with E-state index in [2.05, 4.69) is 35.1 Å². The molecule has 20 heavy (non-hydrogen) atoms. The molecule has 0 radical (unpaired) electrons. The van der Waals surface area contributed by atoms with E-state index in [1.807, 2.05) is 24.3 Å². The van der Waals surface area contributed by atoms with Gasteiger partial charge in [-0.3, -0.25) is 0 Å². The van der Waals surface area contributed by atoms with Gasteiger partial charge >= 0.3 is 0 Å². The lowest BCUT2D eigenvalue weighted by molar-refractivity contribution is 0.303. The van der Waals surface area contributed by atoms with Crippen molar-refractivity contribution in [3.05, 3.63) is 30.3 Å². The Balaban J connectivity index is 1.89. The van der Waals surface area contributed by atoms with Gasteiger partial charge in [0.1, 0.15) is 5.82 Å². The molecule has 0 saturated carbocycles. The lowest BCUT2D eigenvalue weighted by atomic mass is 10.2. The Kier molecular flexibility index (Phi) is 5.18. The van der Waals surface area contributed by atoms with Crippen LogP contribution in [0.4, 0.5) is 11.5 Å². The van der Waals surface area contributed by atoms with E-state index in [9.17, 15) is 0 Å². The van der Waals surface area contributed by atoms with Crippen LogP contribution in [0.2, 0.25) is 0 Å². The maximum Gasteiger partial charge on any atom is 0.126 e. The van der Waals surface area contributed by atoms with Crippen molar-refractivity contribution < 1.29 is 0 Å². The first-order valence-electron chi connectivity index (χ1n) is 7.35. The van der Waals surface area contributed by atoms with Gasteiger partial charge in [0.05, 0.1) is 5.52 Å². The molecular weight excluding hydrogens is 248 g/mol. The molecule has 0 aliphatic rings. The van der Waals surface area contributed by atoms with Gasteiger partial charge in [0.2, 0.25) is 0 Å². The number of benzene rings is 1. The molecule has 3 N–H and O–H groups in total. The number of nitrogens with two attached hydrogens (primary N) is 1. The fourth-order valence-electron chi connectivity index (χ4n) is 2.30. The molecule has 2 rings (SSSR count). The Morgan fingerprint density at radius 1 is 1.15 bits per heavy atom. The number of anilines is 2. The third kappa shape index (κ3) is 3.84. The number of hydrogen-bond donors (Lipinski definition) is 2. The van der Waals surface area contributed by atoms with Crippen molar-refractivity contribution in [1.29, 1.82) is 0 Å². The molecule has 4 heteroatoms. The van der Waals surface area contributed by atoms with E-state index in [1.165, 1.54) is 0 Å². The van der Waals surface area contributed by atoms with Gasteiger partial charge in [-0.2, -0.15) is 0 Å². The number of pyridine rings is 1. The van der Waals surface area contributed by atoms with Crippen LogP contribution in [0.1, 0.15) is 20.3 Å². The van der Waals surface area contributed by atoms with E-state index in [1.54, 1.807) is 0 Å². The molecule has 0 aliphatic heterocycles. The third-order valence-electron chi connectivity index (χ3n) is 3.56. The summed E-state index contributed by atoms with van der Waals surface area (Å²) in [5.41, 5.74) is 7.52. The molecule has 0 saturated heterocycles. The van der Waals surface area contributed by atoms with Gasteiger partial charge in [-0.25, -0.2) is 4.98 Å². The van der Waals surface area contributed by atoms with Gasteiger partial charge in [-0.05, 0) is 56.4 Å². The molecule has 0 spiro atoms. The van der Waals surface area contributed by atoms with Gasteiger partial charge in [0.25, 0.3) is 0 Å². The first kappa shape index (κ1) is 14.6. The summed E-state index contributed by atoms with van der Waals surface area (Å²) >= 11 is 0. The second kappa shape index (κ2) is 7.10. The van der Waals surface area contributed by atoms with Crippen LogP contribution in [0.25, 0.3) is 10.9 Å². The van der Waals surface area contributed by atoms with Crippen molar-refractivity contribution in [1.82, 2.24) is 9.88 Å². The predicted octanol–water partition coefficient (Wildman–Crippen LogP) is 2.96. The van der Waals surface area contributed by atoms with Crippen molar-refractivity contribution in [3.63, 3.8) is 0 Å². The minimum Gasteiger partial charge on any atom is -0.399 e. The SMILES string of the molecule is CCN(CC)CCCNc1ccc2cc(N)ccc2n1. The summed E-state index contributed by atoms with van der Waals surface area (Å²) in [6.45, 7) is 8.72. The molecule has 1 heterocycles. The highest BCUT2D eigenvalue weighted by Crippen LogP contribution is 2.17. The molecule has 0 atom stereocenters. The zero-order valence-corrected chi connectivity index (χ0v) is 12.4. The van der Waals surface area contributed by atoms with Gasteiger partial charge in [-0.15, -0.1) is 0 Å². The number of rotatable bonds is 7. The predicted molar refractivity (Wildman–Crippen MR) is 87.1 cm³/mol. The van der Waals surface area contributed by atoms with E-state index >= 15 is 0 Å². The van der Waals surface area contributed by atoms with Crippen molar-refractivity contribution in [3.8, 4) is 0 Å². The maximum absolute atomic E-state index is 5.77. The van der Waals surface area contributed by atoms with Crippen molar-refractivity contribution in [2.75, 3.05) is 37.2 Å². The van der Waals surface area contributed by atoms with E-state index < -0.39 is 0 Å². The summed E-state index contributed by atoms with van der Waals surface area (Å²) in [6.07, 6.45) is 1.13. The molecule has 2 aromatic rings. The van der Waals surface area contributed by atoms with Crippen LogP contribution in [0.3, 0.4) is 0 Å². The van der Waals surface area contributed by atoms with Crippen molar-refractivity contribution >= 4 is 22.4 Å². The van der Waals surface area contributed by atoms with Gasteiger partial charge in [0.15, 0.2) is 0 Å². The average molecular weight is 272 g/mol. The second-order valence-electron chi connectivity index (χ2n) is 4.96. The summed E-state index contributed by atoms with van der Waals surface area (Å²) in [4.78, 5) is 7.02. The first-order valence-corrected chi connectivity index (χ1v) is 7.35. The largest absolute Gasteiger partial charge is 0.399 e. The van der Waals surface area contributed by atoms with E-state index in [4.69, 9.17) is 5.73 Å². The fraction of sp³-hybridized carbons (Fsp3) is 0.438. The van der Waals surface area contributed by atoms with Crippen LogP contribution in [0, 0.1) is 0 Å². The summed E-state index contributed by atoms with van der Waals surface area (Å²) < 4.78 is 0. The number of nitrogens with zero attached hydrogens (tertiary/aromatic N) is 2. The van der Waals surface area contributed by atoms with E-state index in [0.717, 1.165) is 55.0 Å². The van der Waals surface area contributed by atoms with Crippen LogP contribution in [-0.4, -0.2) is 36.1 Å². The first-order chi connectivity index (χ1) is 9.72. The number of nitrogens with one attached hydrogen (secondary N) is 1. The molecule has 108 valence electrons. The minimum absolute atomic E-state index is 0.777. The van der Waals surface area contributed by atoms with Gasteiger partial charge in [-0.1, -0.05) is 13.8 Å². The quantitative estimate of drug-likeness (QED) is 0.601. The highest BCUT2D eigenvalue weighted by Gasteiger charge is 2.00. The summed E-state index contributed by atoms with van der Waals surface area (Å²) in [7, 11) is 0. The van der Waals surface area contributed by atoms with Crippen molar-refractivity contribution in [2.45, 2.75) is 20.3 Å². The van der Waals surface area contributed by atoms with Crippen LogP contribution < -0.4 is 11.1 Å². The molecule has 0 fully saturated rings. The minimum atomic E-state index is 0.777. The van der Waals surface area contributed by atoms with Crippen LogP contribution in [0.5, 0.6) is 0 Å². The van der Waals surface area contributed by atoms with Crippen LogP contribution in [0.15, 0.2) is 30.3 Å². The highest BCUT2D eigenvalue weighted by atomic mass is 15.1. The third-order valence-corrected chi connectivity index (χ3v) is 3.56. The second-order valence-corrected chi connectivity index (χ2v) is 4.96. The normalized spacial score (nSPS) is 11.2. The Morgan fingerprint density at radius 2 is 1.95 bits per heavy atom.